The van der Waals surface area contributed by atoms with E-state index in [-0.39, 0.29) is 17.1 Å². The first-order valence-electron chi connectivity index (χ1n) is 7.45. The molecule has 0 unspecified atom stereocenters. The Morgan fingerprint density at radius 3 is 2.71 bits per heavy atom. The summed E-state index contributed by atoms with van der Waals surface area (Å²) in [5.41, 5.74) is -1.21. The third-order valence-corrected chi connectivity index (χ3v) is 4.95. The van der Waals surface area contributed by atoms with E-state index >= 15 is 0 Å². The summed E-state index contributed by atoms with van der Waals surface area (Å²) in [6.07, 6.45) is 3.10. The average molecular weight is 330 g/mol. The van der Waals surface area contributed by atoms with Gasteiger partial charge in [-0.15, -0.1) is 0 Å². The molecule has 0 aromatic heterocycles. The molecule has 2 saturated heterocycles. The molecule has 24 heavy (non-hydrogen) atoms. The molecule has 4 rings (SSSR count). The van der Waals surface area contributed by atoms with E-state index in [1.54, 1.807) is 19.1 Å². The van der Waals surface area contributed by atoms with Crippen molar-refractivity contribution in [1.82, 2.24) is 0 Å². The van der Waals surface area contributed by atoms with Gasteiger partial charge in [0, 0.05) is 0 Å². The number of carbonyl (C=O) groups excluding carboxylic acids is 2. The lowest BCUT2D eigenvalue weighted by Gasteiger charge is -2.24. The van der Waals surface area contributed by atoms with Crippen molar-refractivity contribution in [3.05, 3.63) is 40.5 Å². The van der Waals surface area contributed by atoms with Gasteiger partial charge in [-0.1, -0.05) is 12.2 Å². The summed E-state index contributed by atoms with van der Waals surface area (Å²) in [6, 6.07) is 4.06. The number of benzene rings is 1. The van der Waals surface area contributed by atoms with Crippen molar-refractivity contribution in [2.75, 3.05) is 12.0 Å². The van der Waals surface area contributed by atoms with E-state index in [9.17, 15) is 19.7 Å². The van der Waals surface area contributed by atoms with Crippen LogP contribution < -0.4 is 9.64 Å². The van der Waals surface area contributed by atoms with Gasteiger partial charge >= 0.3 is 0 Å². The molecule has 0 radical (unpaired) electrons. The summed E-state index contributed by atoms with van der Waals surface area (Å²) in [5.74, 6) is -1.93. The van der Waals surface area contributed by atoms with Crippen molar-refractivity contribution in [2.24, 2.45) is 11.8 Å². The van der Waals surface area contributed by atoms with Gasteiger partial charge in [0.25, 0.3) is 5.69 Å². The molecule has 3 heterocycles. The molecule has 8 nitrogen and oxygen atoms in total. The van der Waals surface area contributed by atoms with Crippen LogP contribution in [0.15, 0.2) is 30.4 Å². The van der Waals surface area contributed by atoms with E-state index in [2.05, 4.69) is 0 Å². The number of nitrogens with zero attached hydrogens (tertiary/aromatic N) is 2. The van der Waals surface area contributed by atoms with Crippen molar-refractivity contribution in [1.29, 1.82) is 0 Å². The van der Waals surface area contributed by atoms with Crippen LogP contribution in [0, 0.1) is 22.0 Å². The third-order valence-electron chi connectivity index (χ3n) is 4.95. The molecule has 8 heteroatoms. The van der Waals surface area contributed by atoms with E-state index < -0.39 is 40.3 Å². The minimum atomic E-state index is -0.835. The Morgan fingerprint density at radius 1 is 1.33 bits per heavy atom. The number of rotatable bonds is 3. The van der Waals surface area contributed by atoms with Gasteiger partial charge in [-0.05, 0) is 19.1 Å². The highest BCUT2D eigenvalue weighted by Gasteiger charge is 2.66. The van der Waals surface area contributed by atoms with Crippen LogP contribution in [-0.4, -0.2) is 35.6 Å². The van der Waals surface area contributed by atoms with Gasteiger partial charge < -0.3 is 9.47 Å². The fraction of sp³-hybridized carbons (Fsp3) is 0.375. The van der Waals surface area contributed by atoms with Crippen LogP contribution in [0.25, 0.3) is 0 Å². The Bertz CT molecular complexity index is 819. The number of hydrogen-bond donors (Lipinski definition) is 0. The van der Waals surface area contributed by atoms with Crippen LogP contribution in [0.4, 0.5) is 11.4 Å². The number of amides is 2. The molecule has 3 aliphatic rings. The number of fused-ring (bicyclic) bond motifs is 5. The maximum absolute atomic E-state index is 12.9. The Hall–Kier alpha value is -2.74. The van der Waals surface area contributed by atoms with E-state index in [4.69, 9.17) is 9.47 Å². The molecular weight excluding hydrogens is 316 g/mol. The van der Waals surface area contributed by atoms with E-state index in [0.29, 0.717) is 0 Å². The molecule has 124 valence electrons. The molecule has 2 bridgehead atoms. The summed E-state index contributed by atoms with van der Waals surface area (Å²) in [7, 11) is 1.39. The zero-order chi connectivity index (χ0) is 17.2. The summed E-state index contributed by atoms with van der Waals surface area (Å²) >= 11 is 0. The fourth-order valence-corrected chi connectivity index (χ4v) is 3.86. The SMILES string of the molecule is COc1ccc(N2C(=O)[C@@H]3[C@@H](C2=O)[C@@]2(C)C=C[C@H]3O2)c([N+](=O)[O-])c1. The maximum atomic E-state index is 12.9. The second kappa shape index (κ2) is 4.64. The number of ether oxygens (including phenoxy) is 2. The molecule has 1 aromatic carbocycles. The first-order chi connectivity index (χ1) is 11.4. The van der Waals surface area contributed by atoms with Gasteiger partial charge in [0.05, 0.1) is 41.6 Å². The number of imide groups is 1. The second-order valence-electron chi connectivity index (χ2n) is 6.25. The summed E-state index contributed by atoms with van der Waals surface area (Å²) in [6.45, 7) is 1.76. The lowest BCUT2D eigenvalue weighted by atomic mass is 9.78. The predicted octanol–water partition coefficient (Wildman–Crippen LogP) is 1.44. The van der Waals surface area contributed by atoms with Gasteiger partial charge in [-0.3, -0.25) is 19.7 Å². The summed E-state index contributed by atoms with van der Waals surface area (Å²) < 4.78 is 10.7. The number of hydrogen-bond acceptors (Lipinski definition) is 6. The molecule has 3 aliphatic heterocycles. The zero-order valence-electron chi connectivity index (χ0n) is 13.0. The van der Waals surface area contributed by atoms with E-state index in [1.165, 1.54) is 25.3 Å². The van der Waals surface area contributed by atoms with E-state index in [0.717, 1.165) is 4.90 Å². The molecule has 2 amide bonds. The monoisotopic (exact) mass is 330 g/mol. The van der Waals surface area contributed by atoms with Crippen molar-refractivity contribution >= 4 is 23.2 Å². The van der Waals surface area contributed by atoms with Crippen molar-refractivity contribution in [3.63, 3.8) is 0 Å². The van der Waals surface area contributed by atoms with Crippen LogP contribution in [-0.2, 0) is 14.3 Å². The first-order valence-corrected chi connectivity index (χ1v) is 7.45. The lowest BCUT2D eigenvalue weighted by Crippen LogP contribution is -2.38. The highest BCUT2D eigenvalue weighted by molar-refractivity contribution is 6.24. The van der Waals surface area contributed by atoms with Crippen molar-refractivity contribution in [2.45, 2.75) is 18.6 Å². The Kier molecular flexibility index (Phi) is 2.86. The topological polar surface area (TPSA) is 99.0 Å². The highest BCUT2D eigenvalue weighted by Crippen LogP contribution is 2.53. The summed E-state index contributed by atoms with van der Waals surface area (Å²) in [4.78, 5) is 37.3. The predicted molar refractivity (Wildman–Crippen MR) is 81.5 cm³/mol. The van der Waals surface area contributed by atoms with Crippen LogP contribution in [0.1, 0.15) is 6.92 Å². The minimum absolute atomic E-state index is 0.0341. The molecule has 0 N–H and O–H groups in total. The fourth-order valence-electron chi connectivity index (χ4n) is 3.86. The third kappa shape index (κ3) is 1.71. The van der Waals surface area contributed by atoms with Crippen LogP contribution in [0.2, 0.25) is 0 Å². The normalized spacial score (nSPS) is 33.2. The Morgan fingerprint density at radius 2 is 2.08 bits per heavy atom. The molecule has 2 fully saturated rings. The van der Waals surface area contributed by atoms with Gasteiger partial charge in [-0.25, -0.2) is 4.90 Å². The standard InChI is InChI=1S/C16H14N2O6/c1-16-6-5-11(24-16)12-13(16)15(20)17(14(12)19)9-4-3-8(23-2)7-10(9)18(21)22/h3-7,11-13H,1-2H3/t11-,12+,13+,16-/m1/s1. The molecule has 0 saturated carbocycles. The van der Waals surface area contributed by atoms with Gasteiger partial charge in [-0.2, -0.15) is 0 Å². The Balaban J connectivity index is 1.81. The largest absolute Gasteiger partial charge is 0.496 e. The Labute approximate surface area is 136 Å². The van der Waals surface area contributed by atoms with Crippen LogP contribution in [0.3, 0.4) is 0 Å². The summed E-state index contributed by atoms with van der Waals surface area (Å²) in [5, 5.41) is 11.4. The van der Waals surface area contributed by atoms with E-state index in [1.807, 2.05) is 0 Å². The highest BCUT2D eigenvalue weighted by atomic mass is 16.6. The lowest BCUT2D eigenvalue weighted by molar-refractivity contribution is -0.384. The first kappa shape index (κ1) is 14.8. The van der Waals surface area contributed by atoms with Crippen molar-refractivity contribution in [3.8, 4) is 5.75 Å². The number of nitro benzene ring substituents is 1. The quantitative estimate of drug-likeness (QED) is 0.360. The van der Waals surface area contributed by atoms with Crippen LogP contribution >= 0.6 is 0 Å². The van der Waals surface area contributed by atoms with Gasteiger partial charge in [0.2, 0.25) is 11.8 Å². The molecule has 1 aromatic rings. The minimum Gasteiger partial charge on any atom is -0.496 e. The molecular formula is C16H14N2O6. The number of carbonyl (C=O) groups is 2. The zero-order valence-corrected chi connectivity index (χ0v) is 13.0. The number of methoxy groups -OCH3 is 1. The number of anilines is 1. The van der Waals surface area contributed by atoms with Gasteiger partial charge in [0.1, 0.15) is 11.4 Å². The van der Waals surface area contributed by atoms with Gasteiger partial charge in [0.15, 0.2) is 0 Å². The van der Waals surface area contributed by atoms with Crippen LogP contribution in [0.5, 0.6) is 5.75 Å². The second-order valence-corrected chi connectivity index (χ2v) is 6.25. The number of nitro groups is 1. The smallest absolute Gasteiger partial charge is 0.297 e. The molecule has 0 spiro atoms. The van der Waals surface area contributed by atoms with Crippen molar-refractivity contribution < 1.29 is 24.0 Å². The molecule has 0 aliphatic carbocycles. The maximum Gasteiger partial charge on any atom is 0.297 e. The molecule has 4 atom stereocenters. The average Bonchev–Trinajstić information content (AvgIpc) is 3.16.